The minimum absolute atomic E-state index is 0.110. The summed E-state index contributed by atoms with van der Waals surface area (Å²) in [4.78, 5) is 8.41. The fourth-order valence-corrected chi connectivity index (χ4v) is 3.48. The predicted molar refractivity (Wildman–Crippen MR) is 98.3 cm³/mol. The van der Waals surface area contributed by atoms with Crippen LogP contribution in [0.15, 0.2) is 17.4 Å². The maximum absolute atomic E-state index is 12.9. The predicted octanol–water partition coefficient (Wildman–Crippen LogP) is 3.32. The van der Waals surface area contributed by atoms with E-state index >= 15 is 0 Å². The van der Waals surface area contributed by atoms with Gasteiger partial charge < -0.3 is 15.4 Å². The van der Waals surface area contributed by atoms with Crippen molar-refractivity contribution in [3.8, 4) is 0 Å². The van der Waals surface area contributed by atoms with Crippen molar-refractivity contribution in [2.24, 2.45) is 10.4 Å². The van der Waals surface area contributed by atoms with Crippen LogP contribution < -0.4 is 10.6 Å². The number of ether oxygens (including phenoxy) is 1. The standard InChI is InChI=1S/C18H31F2N5O/c1-3-21-17(23-13-15-22-10-11-25(15)16(19)20)24-14-18(7-5-6-8-18)9-12-26-4-2/h10-11,16H,3-9,12-14H2,1-2H3,(H2,21,23,24). The van der Waals surface area contributed by atoms with Gasteiger partial charge in [0.2, 0.25) is 0 Å². The van der Waals surface area contributed by atoms with E-state index in [4.69, 9.17) is 4.74 Å². The lowest BCUT2D eigenvalue weighted by Gasteiger charge is -2.30. The minimum atomic E-state index is -2.60. The van der Waals surface area contributed by atoms with Crippen molar-refractivity contribution >= 4 is 5.96 Å². The molecule has 1 aromatic rings. The number of hydrogen-bond donors (Lipinski definition) is 2. The Hall–Kier alpha value is -1.70. The third-order valence-corrected chi connectivity index (χ3v) is 4.96. The fraction of sp³-hybridized carbons (Fsp3) is 0.778. The molecule has 0 unspecified atom stereocenters. The first-order valence-electron chi connectivity index (χ1n) is 9.50. The normalized spacial score (nSPS) is 17.0. The highest BCUT2D eigenvalue weighted by molar-refractivity contribution is 5.79. The van der Waals surface area contributed by atoms with Gasteiger partial charge in [0.25, 0.3) is 0 Å². The van der Waals surface area contributed by atoms with Crippen LogP contribution in [-0.2, 0) is 11.3 Å². The zero-order chi connectivity index (χ0) is 18.8. The highest BCUT2D eigenvalue weighted by Gasteiger charge is 2.33. The van der Waals surface area contributed by atoms with Gasteiger partial charge in [-0.25, -0.2) is 9.98 Å². The topological polar surface area (TPSA) is 63.5 Å². The first-order valence-corrected chi connectivity index (χ1v) is 9.50. The van der Waals surface area contributed by atoms with E-state index in [1.54, 1.807) is 0 Å². The lowest BCUT2D eigenvalue weighted by Crippen LogP contribution is -2.43. The maximum atomic E-state index is 12.9. The fourth-order valence-electron chi connectivity index (χ4n) is 3.48. The molecular weight excluding hydrogens is 340 g/mol. The van der Waals surface area contributed by atoms with E-state index < -0.39 is 6.55 Å². The molecule has 148 valence electrons. The maximum Gasteiger partial charge on any atom is 0.319 e. The minimum Gasteiger partial charge on any atom is -0.382 e. The summed E-state index contributed by atoms with van der Waals surface area (Å²) in [6, 6.07) is 0. The summed E-state index contributed by atoms with van der Waals surface area (Å²) in [6.45, 7) is 4.55. The second-order valence-electron chi connectivity index (χ2n) is 6.73. The van der Waals surface area contributed by atoms with Crippen LogP contribution in [0.4, 0.5) is 8.78 Å². The number of imidazole rings is 1. The Morgan fingerprint density at radius 3 is 2.77 bits per heavy atom. The van der Waals surface area contributed by atoms with Gasteiger partial charge in [0.15, 0.2) is 5.96 Å². The van der Waals surface area contributed by atoms with Crippen LogP contribution in [0.2, 0.25) is 0 Å². The third-order valence-electron chi connectivity index (χ3n) is 4.96. The quantitative estimate of drug-likeness (QED) is 0.376. The molecule has 1 aromatic heterocycles. The van der Waals surface area contributed by atoms with Gasteiger partial charge in [-0.3, -0.25) is 4.57 Å². The summed E-state index contributed by atoms with van der Waals surface area (Å²) in [6.07, 6.45) is 8.53. The third kappa shape index (κ3) is 5.93. The van der Waals surface area contributed by atoms with Crippen LogP contribution in [0.3, 0.4) is 0 Å². The molecule has 2 N–H and O–H groups in total. The number of aromatic nitrogens is 2. The first kappa shape index (κ1) is 20.6. The molecule has 26 heavy (non-hydrogen) atoms. The summed E-state index contributed by atoms with van der Waals surface area (Å²) in [5.41, 5.74) is 0.229. The van der Waals surface area contributed by atoms with Crippen LogP contribution in [0.1, 0.15) is 58.3 Å². The summed E-state index contributed by atoms with van der Waals surface area (Å²) in [7, 11) is 0. The number of hydrogen-bond acceptors (Lipinski definition) is 3. The zero-order valence-electron chi connectivity index (χ0n) is 15.8. The molecule has 0 spiro atoms. The Labute approximate surface area is 154 Å². The van der Waals surface area contributed by atoms with Crippen molar-refractivity contribution in [1.29, 1.82) is 0 Å². The van der Waals surface area contributed by atoms with Gasteiger partial charge in [-0.05, 0) is 38.5 Å². The van der Waals surface area contributed by atoms with Gasteiger partial charge in [0.1, 0.15) is 12.4 Å². The molecule has 0 radical (unpaired) electrons. The molecule has 1 saturated carbocycles. The number of halogens is 2. The van der Waals surface area contributed by atoms with Crippen molar-refractivity contribution < 1.29 is 13.5 Å². The number of nitrogens with zero attached hydrogens (tertiary/aromatic N) is 3. The second-order valence-corrected chi connectivity index (χ2v) is 6.73. The largest absolute Gasteiger partial charge is 0.382 e. The van der Waals surface area contributed by atoms with Gasteiger partial charge >= 0.3 is 6.55 Å². The van der Waals surface area contributed by atoms with Crippen LogP contribution in [-0.4, -0.2) is 41.8 Å². The van der Waals surface area contributed by atoms with Crippen LogP contribution in [0.25, 0.3) is 0 Å². The summed E-state index contributed by atoms with van der Waals surface area (Å²) < 4.78 is 32.2. The van der Waals surface area contributed by atoms with E-state index in [9.17, 15) is 8.78 Å². The summed E-state index contributed by atoms with van der Waals surface area (Å²) in [5.74, 6) is 0.892. The monoisotopic (exact) mass is 371 g/mol. The average molecular weight is 371 g/mol. The molecule has 1 aliphatic carbocycles. The average Bonchev–Trinajstić information content (AvgIpc) is 3.27. The van der Waals surface area contributed by atoms with Gasteiger partial charge in [-0.2, -0.15) is 8.78 Å². The number of nitrogens with one attached hydrogen (secondary N) is 2. The molecule has 2 rings (SSSR count). The van der Waals surface area contributed by atoms with Crippen molar-refractivity contribution in [3.05, 3.63) is 18.2 Å². The van der Waals surface area contributed by atoms with Gasteiger partial charge in [-0.1, -0.05) is 12.8 Å². The molecular formula is C18H31F2N5O. The lowest BCUT2D eigenvalue weighted by molar-refractivity contribution is 0.0671. The molecule has 1 heterocycles. The van der Waals surface area contributed by atoms with E-state index in [1.807, 2.05) is 13.8 Å². The van der Waals surface area contributed by atoms with E-state index in [0.29, 0.717) is 12.5 Å². The summed E-state index contributed by atoms with van der Waals surface area (Å²) in [5, 5.41) is 6.59. The number of aliphatic imine (C=N–C) groups is 1. The van der Waals surface area contributed by atoms with E-state index in [-0.39, 0.29) is 17.8 Å². The van der Waals surface area contributed by atoms with Crippen molar-refractivity contribution in [2.45, 2.75) is 59.0 Å². The molecule has 0 atom stereocenters. The van der Waals surface area contributed by atoms with Gasteiger partial charge in [0, 0.05) is 38.7 Å². The van der Waals surface area contributed by atoms with Gasteiger partial charge in [-0.15, -0.1) is 0 Å². The lowest BCUT2D eigenvalue weighted by atomic mass is 9.83. The Morgan fingerprint density at radius 2 is 2.12 bits per heavy atom. The highest BCUT2D eigenvalue weighted by atomic mass is 19.3. The molecule has 0 aromatic carbocycles. The van der Waals surface area contributed by atoms with Crippen LogP contribution in [0.5, 0.6) is 0 Å². The van der Waals surface area contributed by atoms with Crippen LogP contribution >= 0.6 is 0 Å². The Morgan fingerprint density at radius 1 is 1.35 bits per heavy atom. The molecule has 1 fully saturated rings. The number of alkyl halides is 2. The number of guanidine groups is 1. The second kappa shape index (κ2) is 10.4. The SMILES string of the molecule is CCNC(=NCc1nccn1C(F)F)NCC1(CCOCC)CCCC1. The van der Waals surface area contributed by atoms with Gasteiger partial charge in [0.05, 0.1) is 0 Å². The smallest absolute Gasteiger partial charge is 0.319 e. The molecule has 1 aliphatic rings. The van der Waals surface area contributed by atoms with Crippen molar-refractivity contribution in [2.75, 3.05) is 26.3 Å². The molecule has 0 aliphatic heterocycles. The molecule has 6 nitrogen and oxygen atoms in total. The molecule has 0 saturated heterocycles. The number of rotatable bonds is 10. The zero-order valence-corrected chi connectivity index (χ0v) is 15.8. The molecule has 8 heteroatoms. The Bertz CT molecular complexity index is 556. The van der Waals surface area contributed by atoms with Crippen LogP contribution in [0, 0.1) is 5.41 Å². The van der Waals surface area contributed by atoms with Crippen molar-refractivity contribution in [3.63, 3.8) is 0 Å². The van der Waals surface area contributed by atoms with Crippen molar-refractivity contribution in [1.82, 2.24) is 20.2 Å². The summed E-state index contributed by atoms with van der Waals surface area (Å²) >= 11 is 0. The molecule has 0 bridgehead atoms. The molecule has 0 amide bonds. The van der Waals surface area contributed by atoms with E-state index in [2.05, 4.69) is 20.6 Å². The Balaban J connectivity index is 1.96. The first-order chi connectivity index (χ1) is 12.6. The Kier molecular flexibility index (Phi) is 8.28. The highest BCUT2D eigenvalue weighted by Crippen LogP contribution is 2.40. The van der Waals surface area contributed by atoms with E-state index in [0.717, 1.165) is 30.7 Å². The van der Waals surface area contributed by atoms with E-state index in [1.165, 1.54) is 38.1 Å².